The summed E-state index contributed by atoms with van der Waals surface area (Å²) in [4.78, 5) is 4.67. The summed E-state index contributed by atoms with van der Waals surface area (Å²) in [7, 11) is 2.13. The van der Waals surface area contributed by atoms with Crippen LogP contribution in [0.25, 0.3) is 0 Å². The first-order chi connectivity index (χ1) is 8.22. The van der Waals surface area contributed by atoms with Gasteiger partial charge in [0.1, 0.15) is 0 Å². The molecule has 2 atom stereocenters. The van der Waals surface area contributed by atoms with Crippen molar-refractivity contribution in [1.82, 2.24) is 4.90 Å². The number of likely N-dealkylation sites (N-methyl/N-ethyl adjacent to an activating group) is 1. The summed E-state index contributed by atoms with van der Waals surface area (Å²) in [5.74, 6) is 0. The largest absolute Gasteiger partial charge is 0.394 e. The van der Waals surface area contributed by atoms with Crippen LogP contribution >= 0.6 is 0 Å². The van der Waals surface area contributed by atoms with E-state index in [0.717, 1.165) is 19.5 Å². The van der Waals surface area contributed by atoms with Crippen molar-refractivity contribution >= 4 is 5.69 Å². The van der Waals surface area contributed by atoms with Crippen LogP contribution in [0, 0.1) is 0 Å². The molecule has 1 aromatic carbocycles. The van der Waals surface area contributed by atoms with Gasteiger partial charge in [0.25, 0.3) is 0 Å². The minimum atomic E-state index is 0.194. The Labute approximate surface area is 104 Å². The van der Waals surface area contributed by atoms with E-state index in [2.05, 4.69) is 48.0 Å². The second-order valence-electron chi connectivity index (χ2n) is 4.98. The summed E-state index contributed by atoms with van der Waals surface area (Å²) in [6.45, 7) is 4.48. The number of aliphatic hydroxyl groups is 1. The van der Waals surface area contributed by atoms with Crippen molar-refractivity contribution in [1.29, 1.82) is 0 Å². The van der Waals surface area contributed by atoms with Gasteiger partial charge in [-0.25, -0.2) is 0 Å². The van der Waals surface area contributed by atoms with Gasteiger partial charge in [-0.15, -0.1) is 0 Å². The lowest BCUT2D eigenvalue weighted by Gasteiger charge is -2.36. The average molecular weight is 234 g/mol. The molecule has 1 aliphatic rings. The van der Waals surface area contributed by atoms with Gasteiger partial charge in [-0.1, -0.05) is 18.2 Å². The summed E-state index contributed by atoms with van der Waals surface area (Å²) in [5, 5.41) is 9.61. The number of hydrogen-bond acceptors (Lipinski definition) is 3. The Bertz CT molecular complexity index is 341. The van der Waals surface area contributed by atoms with E-state index < -0.39 is 0 Å². The van der Waals surface area contributed by atoms with Gasteiger partial charge in [0.2, 0.25) is 0 Å². The van der Waals surface area contributed by atoms with E-state index >= 15 is 0 Å². The highest BCUT2D eigenvalue weighted by atomic mass is 16.3. The molecule has 0 saturated carbocycles. The van der Waals surface area contributed by atoms with Crippen LogP contribution in [0.4, 0.5) is 5.69 Å². The second-order valence-corrected chi connectivity index (χ2v) is 4.98. The standard InChI is InChI=1S/C14H22N2O/c1-12-8-9-15(2)10-14(11-17)16(12)13-6-4-3-5-7-13/h3-7,12,14,17H,8-11H2,1-2H3. The molecule has 0 aliphatic carbocycles. The second kappa shape index (κ2) is 5.52. The molecule has 3 heteroatoms. The predicted octanol–water partition coefficient (Wildman–Crippen LogP) is 1.58. The van der Waals surface area contributed by atoms with Crippen LogP contribution < -0.4 is 4.90 Å². The van der Waals surface area contributed by atoms with Crippen LogP contribution in [-0.2, 0) is 0 Å². The van der Waals surface area contributed by atoms with Gasteiger partial charge in [0, 0.05) is 18.3 Å². The Kier molecular flexibility index (Phi) is 4.02. The van der Waals surface area contributed by atoms with Gasteiger partial charge < -0.3 is 14.9 Å². The Morgan fingerprint density at radius 2 is 2.00 bits per heavy atom. The summed E-state index contributed by atoms with van der Waals surface area (Å²) < 4.78 is 0. The van der Waals surface area contributed by atoms with E-state index in [1.165, 1.54) is 5.69 Å². The Balaban J connectivity index is 2.27. The van der Waals surface area contributed by atoms with E-state index in [1.54, 1.807) is 0 Å². The number of para-hydroxylation sites is 1. The number of benzene rings is 1. The molecule has 0 bridgehead atoms. The van der Waals surface area contributed by atoms with E-state index in [1.807, 2.05) is 6.07 Å². The van der Waals surface area contributed by atoms with Gasteiger partial charge in [0.15, 0.2) is 0 Å². The maximum Gasteiger partial charge on any atom is 0.0650 e. The van der Waals surface area contributed by atoms with E-state index in [0.29, 0.717) is 6.04 Å². The molecular weight excluding hydrogens is 212 g/mol. The molecule has 0 aromatic heterocycles. The van der Waals surface area contributed by atoms with Crippen molar-refractivity contribution in [2.75, 3.05) is 31.6 Å². The zero-order valence-corrected chi connectivity index (χ0v) is 10.7. The average Bonchev–Trinajstić information content (AvgIpc) is 2.50. The van der Waals surface area contributed by atoms with Crippen molar-refractivity contribution in [2.24, 2.45) is 0 Å². The molecule has 3 nitrogen and oxygen atoms in total. The first-order valence-electron chi connectivity index (χ1n) is 6.35. The number of rotatable bonds is 2. The molecule has 1 aliphatic heterocycles. The molecule has 0 amide bonds. The maximum absolute atomic E-state index is 9.61. The lowest BCUT2D eigenvalue weighted by molar-refractivity contribution is 0.228. The summed E-state index contributed by atoms with van der Waals surface area (Å²) in [6, 6.07) is 11.1. The topological polar surface area (TPSA) is 26.7 Å². The molecule has 17 heavy (non-hydrogen) atoms. The van der Waals surface area contributed by atoms with Gasteiger partial charge in [-0.2, -0.15) is 0 Å². The predicted molar refractivity (Wildman–Crippen MR) is 71.4 cm³/mol. The van der Waals surface area contributed by atoms with Crippen LogP contribution in [0.3, 0.4) is 0 Å². The third-order valence-corrected chi connectivity index (χ3v) is 3.58. The van der Waals surface area contributed by atoms with Crippen molar-refractivity contribution in [3.63, 3.8) is 0 Å². The minimum absolute atomic E-state index is 0.194. The zero-order valence-electron chi connectivity index (χ0n) is 10.7. The molecule has 94 valence electrons. The first kappa shape index (κ1) is 12.4. The highest BCUT2D eigenvalue weighted by Gasteiger charge is 2.27. The number of aliphatic hydroxyl groups excluding tert-OH is 1. The molecule has 1 aromatic rings. The molecule has 2 rings (SSSR count). The Morgan fingerprint density at radius 1 is 1.29 bits per heavy atom. The number of nitrogens with zero attached hydrogens (tertiary/aromatic N) is 2. The fourth-order valence-electron chi connectivity index (χ4n) is 2.66. The zero-order chi connectivity index (χ0) is 12.3. The minimum Gasteiger partial charge on any atom is -0.394 e. The highest BCUT2D eigenvalue weighted by molar-refractivity contribution is 5.48. The lowest BCUT2D eigenvalue weighted by atomic mass is 10.1. The monoisotopic (exact) mass is 234 g/mol. The van der Waals surface area contributed by atoms with Crippen molar-refractivity contribution in [2.45, 2.75) is 25.4 Å². The van der Waals surface area contributed by atoms with Gasteiger partial charge >= 0.3 is 0 Å². The number of hydrogen-bond donors (Lipinski definition) is 1. The van der Waals surface area contributed by atoms with Crippen molar-refractivity contribution < 1.29 is 5.11 Å². The highest BCUT2D eigenvalue weighted by Crippen LogP contribution is 2.23. The van der Waals surface area contributed by atoms with Gasteiger partial charge in [-0.3, -0.25) is 0 Å². The Morgan fingerprint density at radius 3 is 2.65 bits per heavy atom. The third-order valence-electron chi connectivity index (χ3n) is 3.58. The molecule has 0 radical (unpaired) electrons. The third kappa shape index (κ3) is 2.79. The van der Waals surface area contributed by atoms with E-state index in [-0.39, 0.29) is 12.6 Å². The van der Waals surface area contributed by atoms with Crippen LogP contribution in [0.15, 0.2) is 30.3 Å². The normalized spacial score (nSPS) is 26.9. The molecule has 1 fully saturated rings. The van der Waals surface area contributed by atoms with Crippen molar-refractivity contribution in [3.05, 3.63) is 30.3 Å². The summed E-state index contributed by atoms with van der Waals surface area (Å²) >= 11 is 0. The van der Waals surface area contributed by atoms with Crippen LogP contribution in [0.5, 0.6) is 0 Å². The quantitative estimate of drug-likeness (QED) is 0.841. The van der Waals surface area contributed by atoms with Crippen LogP contribution in [-0.4, -0.2) is 48.8 Å². The summed E-state index contributed by atoms with van der Waals surface area (Å²) in [5.41, 5.74) is 1.22. The first-order valence-corrected chi connectivity index (χ1v) is 6.35. The van der Waals surface area contributed by atoms with Crippen LogP contribution in [0.2, 0.25) is 0 Å². The molecule has 2 unspecified atom stereocenters. The van der Waals surface area contributed by atoms with Gasteiger partial charge in [-0.05, 0) is 39.1 Å². The van der Waals surface area contributed by atoms with E-state index in [4.69, 9.17) is 0 Å². The van der Waals surface area contributed by atoms with E-state index in [9.17, 15) is 5.11 Å². The molecule has 1 saturated heterocycles. The fraction of sp³-hybridized carbons (Fsp3) is 0.571. The summed E-state index contributed by atoms with van der Waals surface area (Å²) in [6.07, 6.45) is 1.14. The van der Waals surface area contributed by atoms with Crippen LogP contribution in [0.1, 0.15) is 13.3 Å². The SMILES string of the molecule is CC1CCN(C)CC(CO)N1c1ccccc1. The fourth-order valence-corrected chi connectivity index (χ4v) is 2.66. The smallest absolute Gasteiger partial charge is 0.0650 e. The lowest BCUT2D eigenvalue weighted by Crippen LogP contribution is -2.46. The number of anilines is 1. The maximum atomic E-state index is 9.61. The van der Waals surface area contributed by atoms with Gasteiger partial charge in [0.05, 0.1) is 12.6 Å². The molecule has 1 heterocycles. The Hall–Kier alpha value is -1.06. The molecule has 0 spiro atoms. The molecular formula is C14H22N2O. The molecule has 1 N–H and O–H groups in total. The van der Waals surface area contributed by atoms with Crippen molar-refractivity contribution in [3.8, 4) is 0 Å².